The summed E-state index contributed by atoms with van der Waals surface area (Å²) in [5, 5.41) is 0.857. The molecule has 0 saturated heterocycles. The van der Waals surface area contributed by atoms with Gasteiger partial charge in [0.1, 0.15) is 23.9 Å². The molecule has 0 saturated carbocycles. The maximum absolute atomic E-state index is 14.6. The van der Waals surface area contributed by atoms with E-state index in [4.69, 9.17) is 14.7 Å². The van der Waals surface area contributed by atoms with Gasteiger partial charge in [-0.05, 0) is 48.9 Å². The summed E-state index contributed by atoms with van der Waals surface area (Å²) >= 11 is 0. The molecule has 0 spiro atoms. The zero-order valence-corrected chi connectivity index (χ0v) is 27.2. The van der Waals surface area contributed by atoms with Gasteiger partial charge in [0, 0.05) is 23.3 Å². The van der Waals surface area contributed by atoms with Crippen LogP contribution in [0.25, 0.3) is 11.4 Å². The molecule has 1 heterocycles. The summed E-state index contributed by atoms with van der Waals surface area (Å²) in [4.78, 5) is 24.8. The van der Waals surface area contributed by atoms with Crippen molar-refractivity contribution < 1.29 is 4.74 Å². The summed E-state index contributed by atoms with van der Waals surface area (Å²) in [7, 11) is 2.82. The number of hydrogen-bond donors (Lipinski definition) is 0. The zero-order chi connectivity index (χ0) is 31.7. The Bertz CT molecular complexity index is 1930. The lowest BCUT2D eigenvalue weighted by Crippen LogP contribution is -2.27. The third-order valence-corrected chi connectivity index (χ3v) is 8.81. The zero-order valence-electron chi connectivity index (χ0n) is 26.1. The molecule has 2 unspecified atom stereocenters. The molecule has 0 aliphatic heterocycles. The van der Waals surface area contributed by atoms with Crippen molar-refractivity contribution in [1.82, 2.24) is 9.55 Å². The molecule has 1 aliphatic rings. The molecule has 0 N–H and O–H groups in total. The first kappa shape index (κ1) is 31.1. The van der Waals surface area contributed by atoms with E-state index in [-0.39, 0.29) is 11.5 Å². The van der Waals surface area contributed by atoms with E-state index in [1.165, 1.54) is 0 Å². The fourth-order valence-corrected chi connectivity index (χ4v) is 6.15. The highest BCUT2D eigenvalue weighted by Crippen LogP contribution is 2.28. The van der Waals surface area contributed by atoms with Gasteiger partial charge in [-0.2, -0.15) is 0 Å². The van der Waals surface area contributed by atoms with Crippen LogP contribution in [0.2, 0.25) is 0 Å². The van der Waals surface area contributed by atoms with E-state index in [1.807, 2.05) is 91.9 Å². The second-order valence-corrected chi connectivity index (χ2v) is 12.0. The number of hydrogen-bond acceptors (Lipinski definition) is 4. The number of aliphatic imine (C=N–C) groups is 1. The Morgan fingerprint density at radius 2 is 1.59 bits per heavy atom. The standard InChI is InChI=1S/C40H38N3O2P/c1-29-36(42-37(33-22-13-6-14-23-33)32-20-11-2-3-12-21-32)40(44)43(27-26-30-16-7-4-8-17-30)39(41-29)34-24-15-25-35(38(34)46)45-28-31-18-9-5-10-19-31/h2-11,13-20,22-25,32H,12,21,26-28,46H2,1H3. The molecule has 1 aliphatic carbocycles. The maximum Gasteiger partial charge on any atom is 0.279 e. The van der Waals surface area contributed by atoms with Crippen molar-refractivity contribution in [2.75, 3.05) is 0 Å². The molecule has 5 nitrogen and oxygen atoms in total. The summed E-state index contributed by atoms with van der Waals surface area (Å²) in [6.07, 6.45) is 11.1. The van der Waals surface area contributed by atoms with Crippen molar-refractivity contribution in [3.63, 3.8) is 0 Å². The number of ether oxygens (including phenoxy) is 1. The average molecular weight is 624 g/mol. The van der Waals surface area contributed by atoms with Crippen molar-refractivity contribution >= 4 is 25.9 Å². The van der Waals surface area contributed by atoms with Gasteiger partial charge in [0.15, 0.2) is 0 Å². The van der Waals surface area contributed by atoms with E-state index in [9.17, 15) is 4.79 Å². The molecule has 46 heavy (non-hydrogen) atoms. The van der Waals surface area contributed by atoms with Crippen molar-refractivity contribution in [1.29, 1.82) is 0 Å². The molecule has 1 aromatic heterocycles. The van der Waals surface area contributed by atoms with Gasteiger partial charge in [-0.1, -0.05) is 127 Å². The average Bonchev–Trinajstić information content (AvgIpc) is 3.38. The van der Waals surface area contributed by atoms with Crippen LogP contribution in [0.1, 0.15) is 35.2 Å². The van der Waals surface area contributed by atoms with Crippen LogP contribution >= 0.6 is 9.24 Å². The Morgan fingerprint density at radius 1 is 0.891 bits per heavy atom. The smallest absolute Gasteiger partial charge is 0.279 e. The first-order chi connectivity index (χ1) is 22.6. The quantitative estimate of drug-likeness (QED) is 0.116. The predicted molar refractivity (Wildman–Crippen MR) is 193 cm³/mol. The van der Waals surface area contributed by atoms with E-state index in [0.29, 0.717) is 36.8 Å². The van der Waals surface area contributed by atoms with Crippen molar-refractivity contribution in [3.8, 4) is 17.1 Å². The monoisotopic (exact) mass is 623 g/mol. The van der Waals surface area contributed by atoms with Crippen molar-refractivity contribution in [2.45, 2.75) is 39.3 Å². The van der Waals surface area contributed by atoms with Crippen LogP contribution in [0.4, 0.5) is 5.69 Å². The molecular weight excluding hydrogens is 585 g/mol. The highest BCUT2D eigenvalue weighted by Gasteiger charge is 2.22. The molecule has 6 heteroatoms. The number of aromatic nitrogens is 2. The van der Waals surface area contributed by atoms with Gasteiger partial charge >= 0.3 is 0 Å². The Kier molecular flexibility index (Phi) is 10.1. The molecule has 5 aromatic rings. The van der Waals surface area contributed by atoms with Gasteiger partial charge in [-0.15, -0.1) is 9.24 Å². The van der Waals surface area contributed by atoms with Crippen LogP contribution in [0, 0.1) is 12.8 Å². The van der Waals surface area contributed by atoms with Gasteiger partial charge < -0.3 is 4.74 Å². The fourth-order valence-electron chi connectivity index (χ4n) is 5.74. The lowest BCUT2D eigenvalue weighted by atomic mass is 9.92. The van der Waals surface area contributed by atoms with Gasteiger partial charge in [0.05, 0.1) is 11.4 Å². The van der Waals surface area contributed by atoms with E-state index in [2.05, 4.69) is 57.8 Å². The van der Waals surface area contributed by atoms with Gasteiger partial charge in [-0.3, -0.25) is 9.36 Å². The molecule has 2 atom stereocenters. The van der Waals surface area contributed by atoms with Crippen LogP contribution < -0.4 is 15.6 Å². The van der Waals surface area contributed by atoms with Crippen molar-refractivity contribution in [3.05, 3.63) is 166 Å². The number of aryl methyl sites for hydroxylation is 2. The molecular formula is C40H38N3O2P. The summed E-state index contributed by atoms with van der Waals surface area (Å²) in [5.74, 6) is 1.41. The predicted octanol–water partition coefficient (Wildman–Crippen LogP) is 8.18. The van der Waals surface area contributed by atoms with Crippen LogP contribution in [-0.2, 0) is 19.6 Å². The second kappa shape index (κ2) is 14.9. The third kappa shape index (κ3) is 7.33. The molecule has 0 fully saturated rings. The lowest BCUT2D eigenvalue weighted by molar-refractivity contribution is 0.309. The number of rotatable bonds is 10. The molecule has 230 valence electrons. The van der Waals surface area contributed by atoms with E-state index < -0.39 is 0 Å². The number of allylic oxidation sites excluding steroid dienone is 4. The fraction of sp³-hybridized carbons (Fsp3) is 0.175. The molecule has 6 rings (SSSR count). The van der Waals surface area contributed by atoms with Crippen molar-refractivity contribution in [2.24, 2.45) is 10.9 Å². The largest absolute Gasteiger partial charge is 0.488 e. The Morgan fingerprint density at radius 3 is 2.33 bits per heavy atom. The van der Waals surface area contributed by atoms with Gasteiger partial charge in [0.25, 0.3) is 5.56 Å². The lowest BCUT2D eigenvalue weighted by Gasteiger charge is -2.19. The summed E-state index contributed by atoms with van der Waals surface area (Å²) < 4.78 is 8.04. The molecule has 0 radical (unpaired) electrons. The number of benzene rings is 4. The first-order valence-corrected chi connectivity index (χ1v) is 16.3. The SMILES string of the molecule is Cc1nc(-c2cccc(OCc3ccccc3)c2P)n(CCc2ccccc2)c(=O)c1N=C(c1ccccc1)C1C=CC=CCC1. The highest BCUT2D eigenvalue weighted by atomic mass is 31.0. The Hall–Kier alpha value is -4.86. The maximum atomic E-state index is 14.6. The topological polar surface area (TPSA) is 56.5 Å². The molecule has 0 amide bonds. The third-order valence-electron chi connectivity index (χ3n) is 8.22. The van der Waals surface area contributed by atoms with Crippen LogP contribution in [-0.4, -0.2) is 15.3 Å². The normalized spacial score (nSPS) is 14.7. The van der Waals surface area contributed by atoms with Crippen LogP contribution in [0.5, 0.6) is 5.75 Å². The Labute approximate surface area is 273 Å². The molecule has 4 aromatic carbocycles. The summed E-state index contributed by atoms with van der Waals surface area (Å²) in [6.45, 7) is 2.79. The first-order valence-electron chi connectivity index (χ1n) is 15.8. The second-order valence-electron chi connectivity index (χ2n) is 11.4. The summed E-state index contributed by atoms with van der Waals surface area (Å²) in [5.41, 5.74) is 5.78. The highest BCUT2D eigenvalue weighted by molar-refractivity contribution is 7.28. The minimum absolute atomic E-state index is 0.0748. The van der Waals surface area contributed by atoms with Crippen LogP contribution in [0.15, 0.2) is 143 Å². The minimum Gasteiger partial charge on any atom is -0.488 e. The Balaban J connectivity index is 1.46. The van der Waals surface area contributed by atoms with Gasteiger partial charge in [-0.25, -0.2) is 9.98 Å². The van der Waals surface area contributed by atoms with Crippen LogP contribution in [0.3, 0.4) is 0 Å². The molecule has 0 bridgehead atoms. The number of nitrogens with zero attached hydrogens (tertiary/aromatic N) is 3. The summed E-state index contributed by atoms with van der Waals surface area (Å²) in [6, 6.07) is 36.4. The van der Waals surface area contributed by atoms with Gasteiger partial charge in [0.2, 0.25) is 0 Å². The van der Waals surface area contributed by atoms with E-state index >= 15 is 0 Å². The van der Waals surface area contributed by atoms with E-state index in [0.717, 1.165) is 51.9 Å². The van der Waals surface area contributed by atoms with E-state index in [1.54, 1.807) is 4.57 Å². The minimum atomic E-state index is -0.150.